The van der Waals surface area contributed by atoms with Crippen molar-refractivity contribution in [3.63, 3.8) is 0 Å². The molecule has 1 aliphatic carbocycles. The Kier molecular flexibility index (Phi) is 7.12. The van der Waals surface area contributed by atoms with Crippen LogP contribution in [0.1, 0.15) is 55.3 Å². The molecule has 26 heavy (non-hydrogen) atoms. The Labute approximate surface area is 159 Å². The van der Waals surface area contributed by atoms with Crippen LogP contribution in [0.2, 0.25) is 0 Å². The molecule has 0 spiro atoms. The lowest BCUT2D eigenvalue weighted by Gasteiger charge is -2.14. The molecule has 0 bridgehead atoms. The van der Waals surface area contributed by atoms with Crippen molar-refractivity contribution in [2.24, 2.45) is 0 Å². The zero-order chi connectivity index (χ0) is 18.2. The van der Waals surface area contributed by atoms with E-state index in [1.165, 1.54) is 43.0 Å². The van der Waals surface area contributed by atoms with E-state index in [0.717, 1.165) is 37.4 Å². The van der Waals surface area contributed by atoms with E-state index in [2.05, 4.69) is 16.4 Å². The van der Waals surface area contributed by atoms with Gasteiger partial charge >= 0.3 is 0 Å². The maximum atomic E-state index is 12.3. The van der Waals surface area contributed by atoms with Gasteiger partial charge in [-0.3, -0.25) is 9.59 Å². The van der Waals surface area contributed by atoms with Gasteiger partial charge in [-0.2, -0.15) is 0 Å². The summed E-state index contributed by atoms with van der Waals surface area (Å²) in [5.74, 6) is 0.442. The molecule has 1 N–H and O–H groups in total. The van der Waals surface area contributed by atoms with Gasteiger partial charge in [0.1, 0.15) is 0 Å². The molecule has 0 atom stereocenters. The Bertz CT molecular complexity index is 652. The summed E-state index contributed by atoms with van der Waals surface area (Å²) in [7, 11) is 0. The van der Waals surface area contributed by atoms with E-state index in [4.69, 9.17) is 0 Å². The van der Waals surface area contributed by atoms with Gasteiger partial charge in [0.05, 0.1) is 16.3 Å². The third-order valence-electron chi connectivity index (χ3n) is 4.88. The molecule has 0 aromatic carbocycles. The van der Waals surface area contributed by atoms with E-state index in [9.17, 15) is 9.59 Å². The monoisotopic (exact) mass is 373 g/mol. The summed E-state index contributed by atoms with van der Waals surface area (Å²) < 4.78 is 0. The lowest BCUT2D eigenvalue weighted by Crippen LogP contribution is -2.27. The van der Waals surface area contributed by atoms with E-state index in [1.807, 2.05) is 17.0 Å². The number of nitrogens with zero attached hydrogens (tertiary/aromatic N) is 2. The lowest BCUT2D eigenvalue weighted by molar-refractivity contribution is -0.118. The molecule has 2 heterocycles. The standard InChI is InChI=1S/C20H27N3O2S/c24-18(21-11-10-16-6-2-1-3-7-16)15-26-19-9-8-17(14-22-19)20(25)23-12-4-5-13-23/h6,8-9,14H,1-5,7,10-13,15H2,(H,21,24). The van der Waals surface area contributed by atoms with Crippen LogP contribution >= 0.6 is 11.8 Å². The van der Waals surface area contributed by atoms with Gasteiger partial charge in [-0.1, -0.05) is 23.4 Å². The molecule has 2 aliphatic rings. The summed E-state index contributed by atoms with van der Waals surface area (Å²) in [5.41, 5.74) is 2.10. The van der Waals surface area contributed by atoms with E-state index in [1.54, 1.807) is 6.20 Å². The van der Waals surface area contributed by atoms with Crippen LogP contribution in [0.5, 0.6) is 0 Å². The molecular weight excluding hydrogens is 346 g/mol. The fourth-order valence-electron chi connectivity index (χ4n) is 3.38. The highest BCUT2D eigenvalue weighted by Crippen LogP contribution is 2.20. The first kappa shape index (κ1) is 19.0. The van der Waals surface area contributed by atoms with Gasteiger partial charge in [0, 0.05) is 25.8 Å². The Morgan fingerprint density at radius 3 is 2.69 bits per heavy atom. The Morgan fingerprint density at radius 2 is 2.00 bits per heavy atom. The molecule has 3 rings (SSSR count). The molecular formula is C20H27N3O2S. The predicted molar refractivity (Wildman–Crippen MR) is 104 cm³/mol. The molecule has 0 unspecified atom stereocenters. The van der Waals surface area contributed by atoms with E-state index in [0.29, 0.717) is 17.9 Å². The first-order valence-corrected chi connectivity index (χ1v) is 10.5. The topological polar surface area (TPSA) is 62.3 Å². The molecule has 0 radical (unpaired) electrons. The second-order valence-electron chi connectivity index (χ2n) is 6.88. The van der Waals surface area contributed by atoms with Crippen molar-refractivity contribution in [2.75, 3.05) is 25.4 Å². The van der Waals surface area contributed by atoms with E-state index < -0.39 is 0 Å². The number of amides is 2. The number of nitrogens with one attached hydrogen (secondary N) is 1. The number of hydrogen-bond donors (Lipinski definition) is 1. The van der Waals surface area contributed by atoms with Crippen LogP contribution in [0.4, 0.5) is 0 Å². The predicted octanol–water partition coefficient (Wildman–Crippen LogP) is 3.42. The number of likely N-dealkylation sites (tertiary alicyclic amines) is 1. The summed E-state index contributed by atoms with van der Waals surface area (Å²) in [5, 5.41) is 3.75. The van der Waals surface area contributed by atoms with Crippen LogP contribution < -0.4 is 5.32 Å². The van der Waals surface area contributed by atoms with Crippen LogP contribution in [0.15, 0.2) is 35.0 Å². The number of hydrogen-bond acceptors (Lipinski definition) is 4. The number of rotatable bonds is 7. The number of thioether (sulfide) groups is 1. The fraction of sp³-hybridized carbons (Fsp3) is 0.550. The van der Waals surface area contributed by atoms with Crippen molar-refractivity contribution in [3.8, 4) is 0 Å². The summed E-state index contributed by atoms with van der Waals surface area (Å²) in [6.07, 6.45) is 12.0. The van der Waals surface area contributed by atoms with Crippen molar-refractivity contribution >= 4 is 23.6 Å². The van der Waals surface area contributed by atoms with Crippen LogP contribution in [0, 0.1) is 0 Å². The van der Waals surface area contributed by atoms with Crippen molar-refractivity contribution < 1.29 is 9.59 Å². The summed E-state index contributed by atoms with van der Waals surface area (Å²) in [4.78, 5) is 30.4. The Hall–Kier alpha value is -1.82. The highest BCUT2D eigenvalue weighted by molar-refractivity contribution is 7.99. The minimum absolute atomic E-state index is 0.0328. The van der Waals surface area contributed by atoms with E-state index >= 15 is 0 Å². The maximum absolute atomic E-state index is 12.3. The minimum Gasteiger partial charge on any atom is -0.355 e. The molecule has 140 valence electrons. The van der Waals surface area contributed by atoms with Crippen molar-refractivity contribution in [2.45, 2.75) is 50.0 Å². The zero-order valence-electron chi connectivity index (χ0n) is 15.2. The largest absolute Gasteiger partial charge is 0.355 e. The lowest BCUT2D eigenvalue weighted by atomic mass is 9.97. The molecule has 2 amide bonds. The number of aromatic nitrogens is 1. The molecule has 1 saturated heterocycles. The molecule has 6 heteroatoms. The Morgan fingerprint density at radius 1 is 1.15 bits per heavy atom. The maximum Gasteiger partial charge on any atom is 0.255 e. The second-order valence-corrected chi connectivity index (χ2v) is 7.88. The second kappa shape index (κ2) is 9.76. The van der Waals surface area contributed by atoms with Crippen LogP contribution in [-0.4, -0.2) is 47.1 Å². The van der Waals surface area contributed by atoms with Gasteiger partial charge < -0.3 is 10.2 Å². The quantitative estimate of drug-likeness (QED) is 0.588. The van der Waals surface area contributed by atoms with Gasteiger partial charge in [0.15, 0.2) is 0 Å². The van der Waals surface area contributed by atoms with Crippen molar-refractivity contribution in [1.82, 2.24) is 15.2 Å². The first-order valence-electron chi connectivity index (χ1n) is 9.55. The number of pyridine rings is 1. The third-order valence-corrected chi connectivity index (χ3v) is 5.82. The summed E-state index contributed by atoms with van der Waals surface area (Å²) in [6, 6.07) is 3.64. The molecule has 0 saturated carbocycles. The normalized spacial score (nSPS) is 17.1. The molecule has 1 fully saturated rings. The van der Waals surface area contributed by atoms with Gasteiger partial charge in [0.2, 0.25) is 5.91 Å². The van der Waals surface area contributed by atoms with Gasteiger partial charge in [-0.05, 0) is 57.1 Å². The SMILES string of the molecule is O=C(CSc1ccc(C(=O)N2CCCC2)cn1)NCCC1=CCCCC1. The number of allylic oxidation sites excluding steroid dienone is 1. The number of carbonyl (C=O) groups is 2. The highest BCUT2D eigenvalue weighted by atomic mass is 32.2. The van der Waals surface area contributed by atoms with Crippen LogP contribution in [0.25, 0.3) is 0 Å². The third kappa shape index (κ3) is 5.59. The van der Waals surface area contributed by atoms with E-state index in [-0.39, 0.29) is 11.8 Å². The molecule has 1 aromatic rings. The molecule has 1 aromatic heterocycles. The molecule has 1 aliphatic heterocycles. The zero-order valence-corrected chi connectivity index (χ0v) is 16.0. The van der Waals surface area contributed by atoms with Crippen LogP contribution in [-0.2, 0) is 4.79 Å². The Balaban J connectivity index is 1.37. The highest BCUT2D eigenvalue weighted by Gasteiger charge is 2.19. The van der Waals surface area contributed by atoms with Gasteiger partial charge in [-0.15, -0.1) is 0 Å². The average Bonchev–Trinajstić information content (AvgIpc) is 3.22. The summed E-state index contributed by atoms with van der Waals surface area (Å²) in [6.45, 7) is 2.39. The average molecular weight is 374 g/mol. The summed E-state index contributed by atoms with van der Waals surface area (Å²) >= 11 is 1.40. The smallest absolute Gasteiger partial charge is 0.255 e. The minimum atomic E-state index is 0.0328. The first-order chi connectivity index (χ1) is 12.7. The number of carbonyl (C=O) groups excluding carboxylic acids is 2. The van der Waals surface area contributed by atoms with Gasteiger partial charge in [0.25, 0.3) is 5.91 Å². The fourth-order valence-corrected chi connectivity index (χ4v) is 4.05. The van der Waals surface area contributed by atoms with Gasteiger partial charge in [-0.25, -0.2) is 4.98 Å². The van der Waals surface area contributed by atoms with Crippen molar-refractivity contribution in [1.29, 1.82) is 0 Å². The van der Waals surface area contributed by atoms with Crippen molar-refractivity contribution in [3.05, 3.63) is 35.5 Å². The van der Waals surface area contributed by atoms with Crippen LogP contribution in [0.3, 0.4) is 0 Å². The molecule has 5 nitrogen and oxygen atoms in total.